The quantitative estimate of drug-likeness (QED) is 0.666. The summed E-state index contributed by atoms with van der Waals surface area (Å²) in [5.41, 5.74) is 3.53. The van der Waals surface area contributed by atoms with Crippen molar-refractivity contribution in [3.05, 3.63) is 65.7 Å². The number of methoxy groups -OCH3 is 1. The highest BCUT2D eigenvalue weighted by Gasteiger charge is 2.27. The van der Waals surface area contributed by atoms with Gasteiger partial charge in [-0.2, -0.15) is 0 Å². The Morgan fingerprint density at radius 3 is 2.76 bits per heavy atom. The Kier molecular flexibility index (Phi) is 5.76. The zero-order valence-electron chi connectivity index (χ0n) is 17.0. The van der Waals surface area contributed by atoms with Gasteiger partial charge in [-0.25, -0.2) is 4.98 Å². The molecule has 1 fully saturated rings. The molecule has 1 atom stereocenters. The van der Waals surface area contributed by atoms with E-state index in [1.807, 2.05) is 54.6 Å². The lowest BCUT2D eigenvalue weighted by atomic mass is 10.1. The van der Waals surface area contributed by atoms with Gasteiger partial charge >= 0.3 is 0 Å². The summed E-state index contributed by atoms with van der Waals surface area (Å²) < 4.78 is 5.39. The number of nitrogens with one attached hydrogen (secondary N) is 1. The molecule has 1 amide bonds. The van der Waals surface area contributed by atoms with Crippen molar-refractivity contribution in [3.8, 4) is 0 Å². The van der Waals surface area contributed by atoms with Crippen LogP contribution in [0.1, 0.15) is 35.7 Å². The van der Waals surface area contributed by atoms with Gasteiger partial charge in [0.15, 0.2) is 0 Å². The molecule has 0 aliphatic carbocycles. The van der Waals surface area contributed by atoms with Gasteiger partial charge in [-0.15, -0.1) is 0 Å². The molecule has 0 spiro atoms. The number of hydrogen-bond acceptors (Lipinski definition) is 4. The summed E-state index contributed by atoms with van der Waals surface area (Å²) >= 11 is 0. The number of ether oxygens (including phenoxy) is 1. The molecule has 0 unspecified atom stereocenters. The van der Waals surface area contributed by atoms with Crippen molar-refractivity contribution in [2.75, 3.05) is 30.5 Å². The van der Waals surface area contributed by atoms with Crippen molar-refractivity contribution in [3.63, 3.8) is 0 Å². The van der Waals surface area contributed by atoms with Crippen LogP contribution in [0, 0.1) is 0 Å². The highest BCUT2D eigenvalue weighted by atomic mass is 16.5. The number of nitrogens with zero attached hydrogens (tertiary/aromatic N) is 2. The zero-order valence-corrected chi connectivity index (χ0v) is 17.0. The number of hydrogen-bond donors (Lipinski definition) is 1. The number of carbonyl (C=O) groups excluding carboxylic acids is 1. The molecule has 5 heteroatoms. The van der Waals surface area contributed by atoms with E-state index >= 15 is 0 Å². The van der Waals surface area contributed by atoms with Crippen LogP contribution in [0.25, 0.3) is 10.9 Å². The minimum absolute atomic E-state index is 0.114. The fraction of sp³-hybridized carbons (Fsp3) is 0.333. The van der Waals surface area contributed by atoms with E-state index in [0.29, 0.717) is 18.2 Å². The Labute approximate surface area is 171 Å². The Morgan fingerprint density at radius 1 is 1.21 bits per heavy atom. The second-order valence-corrected chi connectivity index (χ2v) is 7.49. The fourth-order valence-corrected chi connectivity index (χ4v) is 4.02. The van der Waals surface area contributed by atoms with Crippen molar-refractivity contribution >= 4 is 28.3 Å². The third kappa shape index (κ3) is 4.10. The first kappa shape index (κ1) is 19.4. The number of rotatable bonds is 6. The number of para-hydroxylation sites is 1. The summed E-state index contributed by atoms with van der Waals surface area (Å²) in [6, 6.07) is 18.0. The maximum atomic E-state index is 13.2. The third-order valence-corrected chi connectivity index (χ3v) is 5.60. The predicted molar refractivity (Wildman–Crippen MR) is 118 cm³/mol. The summed E-state index contributed by atoms with van der Waals surface area (Å²) in [5, 5.41) is 3.91. The van der Waals surface area contributed by atoms with Gasteiger partial charge in [0.05, 0.1) is 23.7 Å². The van der Waals surface area contributed by atoms with Crippen LogP contribution in [0.5, 0.6) is 0 Å². The van der Waals surface area contributed by atoms with Gasteiger partial charge in [-0.05, 0) is 49.1 Å². The average Bonchev–Trinajstić information content (AvgIpc) is 3.22. The molecule has 2 aromatic carbocycles. The van der Waals surface area contributed by atoms with Crippen molar-refractivity contribution in [2.24, 2.45) is 0 Å². The summed E-state index contributed by atoms with van der Waals surface area (Å²) in [7, 11) is 1.73. The van der Waals surface area contributed by atoms with Crippen molar-refractivity contribution < 1.29 is 9.53 Å². The summed E-state index contributed by atoms with van der Waals surface area (Å²) in [5.74, 6) is 0.728. The molecule has 1 aliphatic heterocycles. The molecule has 4 rings (SSSR count). The standard InChI is InChI=1S/C24H27N3O2/c1-3-17-10-12-18(13-11-17)25-24(28)21-15-23(26-22-9-5-4-8-20(21)22)27-14-6-7-19(27)16-29-2/h4-5,8-13,15,19H,3,6-7,14,16H2,1-2H3,(H,25,28)/t19-/m0/s1. The van der Waals surface area contributed by atoms with Crippen LogP contribution in [0.2, 0.25) is 0 Å². The number of anilines is 2. The summed E-state index contributed by atoms with van der Waals surface area (Å²) in [6.07, 6.45) is 3.16. The normalized spacial score (nSPS) is 16.3. The number of fused-ring (bicyclic) bond motifs is 1. The highest BCUT2D eigenvalue weighted by Crippen LogP contribution is 2.29. The van der Waals surface area contributed by atoms with E-state index in [1.54, 1.807) is 7.11 Å². The van der Waals surface area contributed by atoms with Gasteiger partial charge in [0, 0.05) is 24.7 Å². The molecular formula is C24H27N3O2. The predicted octanol–water partition coefficient (Wildman–Crippen LogP) is 4.66. The first-order valence-corrected chi connectivity index (χ1v) is 10.2. The van der Waals surface area contributed by atoms with Gasteiger partial charge in [0.2, 0.25) is 0 Å². The van der Waals surface area contributed by atoms with E-state index in [1.165, 1.54) is 5.56 Å². The summed E-state index contributed by atoms with van der Waals surface area (Å²) in [4.78, 5) is 20.3. The SMILES string of the molecule is CCc1ccc(NC(=O)c2cc(N3CCC[C@H]3COC)nc3ccccc23)cc1. The Hall–Kier alpha value is -2.92. The molecule has 2 heterocycles. The molecule has 1 aromatic heterocycles. The first-order valence-electron chi connectivity index (χ1n) is 10.2. The molecule has 3 aromatic rings. The maximum Gasteiger partial charge on any atom is 0.256 e. The van der Waals surface area contributed by atoms with Gasteiger partial charge < -0.3 is 15.0 Å². The van der Waals surface area contributed by atoms with E-state index in [4.69, 9.17) is 9.72 Å². The summed E-state index contributed by atoms with van der Waals surface area (Å²) in [6.45, 7) is 3.71. The molecule has 29 heavy (non-hydrogen) atoms. The average molecular weight is 389 g/mol. The van der Waals surface area contributed by atoms with Crippen molar-refractivity contribution in [1.29, 1.82) is 0 Å². The first-order chi connectivity index (χ1) is 14.2. The molecule has 1 aliphatic rings. The minimum atomic E-state index is -0.114. The van der Waals surface area contributed by atoms with Crippen LogP contribution in [0.4, 0.5) is 11.5 Å². The molecule has 5 nitrogen and oxygen atoms in total. The molecule has 0 bridgehead atoms. The van der Waals surface area contributed by atoms with Crippen molar-refractivity contribution in [2.45, 2.75) is 32.2 Å². The van der Waals surface area contributed by atoms with Crippen LogP contribution < -0.4 is 10.2 Å². The molecule has 0 saturated carbocycles. The number of pyridine rings is 1. The second kappa shape index (κ2) is 8.62. The number of aromatic nitrogens is 1. The van der Waals surface area contributed by atoms with Crippen LogP contribution >= 0.6 is 0 Å². The van der Waals surface area contributed by atoms with E-state index in [9.17, 15) is 4.79 Å². The molecule has 0 radical (unpaired) electrons. The lowest BCUT2D eigenvalue weighted by molar-refractivity contribution is 0.102. The van der Waals surface area contributed by atoms with Gasteiger partial charge in [0.25, 0.3) is 5.91 Å². The van der Waals surface area contributed by atoms with E-state index in [0.717, 1.165) is 48.2 Å². The van der Waals surface area contributed by atoms with Gasteiger partial charge in [-0.1, -0.05) is 37.3 Å². The zero-order chi connectivity index (χ0) is 20.2. The monoisotopic (exact) mass is 389 g/mol. The van der Waals surface area contributed by atoms with Crippen LogP contribution in [0.15, 0.2) is 54.6 Å². The lowest BCUT2D eigenvalue weighted by Crippen LogP contribution is -2.33. The highest BCUT2D eigenvalue weighted by molar-refractivity contribution is 6.13. The number of aryl methyl sites for hydroxylation is 1. The molecule has 150 valence electrons. The molecular weight excluding hydrogens is 362 g/mol. The maximum absolute atomic E-state index is 13.2. The van der Waals surface area contributed by atoms with Crippen LogP contribution in [0.3, 0.4) is 0 Å². The molecule has 1 saturated heterocycles. The topological polar surface area (TPSA) is 54.5 Å². The van der Waals surface area contributed by atoms with Crippen LogP contribution in [-0.4, -0.2) is 37.2 Å². The number of benzene rings is 2. The fourth-order valence-electron chi connectivity index (χ4n) is 4.02. The van der Waals surface area contributed by atoms with Gasteiger partial charge in [0.1, 0.15) is 5.82 Å². The lowest BCUT2D eigenvalue weighted by Gasteiger charge is -2.26. The largest absolute Gasteiger partial charge is 0.383 e. The Balaban J connectivity index is 1.69. The third-order valence-electron chi connectivity index (χ3n) is 5.60. The van der Waals surface area contributed by atoms with E-state index in [2.05, 4.69) is 17.1 Å². The smallest absolute Gasteiger partial charge is 0.256 e. The van der Waals surface area contributed by atoms with Crippen molar-refractivity contribution in [1.82, 2.24) is 4.98 Å². The Morgan fingerprint density at radius 2 is 2.00 bits per heavy atom. The second-order valence-electron chi connectivity index (χ2n) is 7.49. The minimum Gasteiger partial charge on any atom is -0.383 e. The number of amides is 1. The van der Waals surface area contributed by atoms with E-state index < -0.39 is 0 Å². The van der Waals surface area contributed by atoms with E-state index in [-0.39, 0.29) is 5.91 Å². The Bertz CT molecular complexity index is 1000. The number of carbonyl (C=O) groups is 1. The van der Waals surface area contributed by atoms with Crippen LogP contribution in [-0.2, 0) is 11.2 Å². The molecule has 1 N–H and O–H groups in total. The van der Waals surface area contributed by atoms with Gasteiger partial charge in [-0.3, -0.25) is 4.79 Å².